The number of nitrogens with one attached hydrogen (secondary N) is 1. The van der Waals surface area contributed by atoms with E-state index in [0.29, 0.717) is 12.1 Å². The average molecular weight is 404 g/mol. The molecule has 3 aromatic rings. The molecule has 0 aliphatic rings. The Morgan fingerprint density at radius 2 is 2.04 bits per heavy atom. The van der Waals surface area contributed by atoms with Gasteiger partial charge in [-0.2, -0.15) is 0 Å². The summed E-state index contributed by atoms with van der Waals surface area (Å²) in [7, 11) is 4.95. The van der Waals surface area contributed by atoms with Crippen molar-refractivity contribution in [1.82, 2.24) is 5.32 Å². The van der Waals surface area contributed by atoms with Gasteiger partial charge in [-0.1, -0.05) is 57.2 Å². The van der Waals surface area contributed by atoms with Crippen molar-refractivity contribution in [2.75, 3.05) is 13.6 Å². The minimum Gasteiger partial charge on any atom is -0.508 e. The Kier molecular flexibility index (Phi) is 6.16. The van der Waals surface area contributed by atoms with E-state index >= 15 is 0 Å². The van der Waals surface area contributed by atoms with Crippen LogP contribution in [0.15, 0.2) is 53.9 Å². The van der Waals surface area contributed by atoms with Crippen LogP contribution in [0, 0.1) is 3.82 Å². The molecule has 134 valence electrons. The fourth-order valence-electron chi connectivity index (χ4n) is 2.52. The van der Waals surface area contributed by atoms with Gasteiger partial charge in [0.05, 0.1) is 5.56 Å². The van der Waals surface area contributed by atoms with Gasteiger partial charge in [0.1, 0.15) is 15.7 Å². The molecule has 0 aliphatic carbocycles. The number of hydrogen-bond donors (Lipinski definition) is 2. The van der Waals surface area contributed by atoms with Crippen molar-refractivity contribution in [2.24, 2.45) is 0 Å². The lowest BCUT2D eigenvalue weighted by molar-refractivity contribution is 0.0301. The molecule has 4 nitrogen and oxygen atoms in total. The zero-order valence-corrected chi connectivity index (χ0v) is 16.4. The molecule has 2 N–H and O–H groups in total. The largest absolute Gasteiger partial charge is 0.508 e. The average Bonchev–Trinajstić information content (AvgIpc) is 3.07. The maximum absolute atomic E-state index is 12.5. The van der Waals surface area contributed by atoms with Crippen LogP contribution < -0.4 is 5.32 Å². The molecule has 0 amide bonds. The zero-order chi connectivity index (χ0) is 18.5. The molecule has 0 saturated heterocycles. The molecule has 1 atom stereocenters. The van der Waals surface area contributed by atoms with Crippen molar-refractivity contribution in [3.05, 3.63) is 68.9 Å². The van der Waals surface area contributed by atoms with Crippen molar-refractivity contribution < 1.29 is 14.6 Å². The Bertz CT molecular complexity index is 947. The van der Waals surface area contributed by atoms with Gasteiger partial charge < -0.3 is 15.2 Å². The highest BCUT2D eigenvalue weighted by Crippen LogP contribution is 2.28. The van der Waals surface area contributed by atoms with E-state index < -0.39 is 12.1 Å². The normalized spacial score (nSPS) is 11.9. The SMILES string of the molecule is CNC[C@H](OC(=O)c1ccc(-c2cssc2=S)cc1)c1cccc(O)c1. The number of phenols is 1. The fraction of sp³-hybridized carbons (Fsp3) is 0.158. The lowest BCUT2D eigenvalue weighted by Gasteiger charge is -2.18. The van der Waals surface area contributed by atoms with Crippen molar-refractivity contribution in [3.63, 3.8) is 0 Å². The minimum absolute atomic E-state index is 0.139. The molecule has 0 fully saturated rings. The molecule has 3 rings (SSSR count). The van der Waals surface area contributed by atoms with Crippen LogP contribution in [-0.2, 0) is 4.74 Å². The molecule has 0 radical (unpaired) electrons. The van der Waals surface area contributed by atoms with Crippen LogP contribution in [0.2, 0.25) is 0 Å². The maximum atomic E-state index is 12.5. The highest BCUT2D eigenvalue weighted by Gasteiger charge is 2.18. The first kappa shape index (κ1) is 18.7. The van der Waals surface area contributed by atoms with Gasteiger partial charge in [-0.05, 0) is 42.4 Å². The topological polar surface area (TPSA) is 58.6 Å². The summed E-state index contributed by atoms with van der Waals surface area (Å²) in [6.45, 7) is 0.447. The molecule has 2 aromatic carbocycles. The van der Waals surface area contributed by atoms with Gasteiger partial charge in [0, 0.05) is 17.5 Å². The van der Waals surface area contributed by atoms with Crippen LogP contribution in [0.5, 0.6) is 5.75 Å². The minimum atomic E-state index is -0.489. The first-order chi connectivity index (χ1) is 12.6. The number of hydrogen-bond acceptors (Lipinski definition) is 7. The van der Waals surface area contributed by atoms with Crippen LogP contribution in [0.4, 0.5) is 0 Å². The maximum Gasteiger partial charge on any atom is 0.338 e. The highest BCUT2D eigenvalue weighted by molar-refractivity contribution is 7.79. The molecular formula is C19H17NO3S3. The van der Waals surface area contributed by atoms with E-state index in [1.54, 1.807) is 58.1 Å². The second kappa shape index (κ2) is 8.55. The Morgan fingerprint density at radius 3 is 2.65 bits per heavy atom. The molecule has 1 heterocycles. The third-order valence-corrected chi connectivity index (χ3v) is 6.49. The zero-order valence-electron chi connectivity index (χ0n) is 14.0. The molecule has 0 aliphatic heterocycles. The predicted octanol–water partition coefficient (Wildman–Crippen LogP) is 5.03. The van der Waals surface area contributed by atoms with Gasteiger partial charge in [-0.3, -0.25) is 0 Å². The van der Waals surface area contributed by atoms with Crippen molar-refractivity contribution in [1.29, 1.82) is 0 Å². The van der Waals surface area contributed by atoms with Gasteiger partial charge >= 0.3 is 5.97 Å². The predicted molar refractivity (Wildman–Crippen MR) is 109 cm³/mol. The van der Waals surface area contributed by atoms with Gasteiger partial charge in [-0.25, -0.2) is 4.79 Å². The van der Waals surface area contributed by atoms with E-state index in [-0.39, 0.29) is 5.75 Å². The van der Waals surface area contributed by atoms with Crippen LogP contribution in [-0.4, -0.2) is 24.7 Å². The van der Waals surface area contributed by atoms with Crippen LogP contribution in [0.1, 0.15) is 22.0 Å². The summed E-state index contributed by atoms with van der Waals surface area (Å²) < 4.78 is 6.49. The smallest absolute Gasteiger partial charge is 0.338 e. The molecular weight excluding hydrogens is 386 g/mol. The van der Waals surface area contributed by atoms with Gasteiger partial charge in [0.15, 0.2) is 0 Å². The van der Waals surface area contributed by atoms with Crippen LogP contribution >= 0.6 is 32.9 Å². The number of ether oxygens (including phenoxy) is 1. The van der Waals surface area contributed by atoms with E-state index in [1.807, 2.05) is 23.6 Å². The van der Waals surface area contributed by atoms with Crippen molar-refractivity contribution in [2.45, 2.75) is 6.10 Å². The molecule has 0 saturated carbocycles. The van der Waals surface area contributed by atoms with E-state index in [1.165, 1.54) is 0 Å². The highest BCUT2D eigenvalue weighted by atomic mass is 32.9. The summed E-state index contributed by atoms with van der Waals surface area (Å²) in [5, 5.41) is 14.7. The number of phenolic OH excluding ortho intramolecular Hbond substituents is 1. The third-order valence-electron chi connectivity index (χ3n) is 3.82. The van der Waals surface area contributed by atoms with Gasteiger partial charge in [0.2, 0.25) is 0 Å². The molecule has 7 heteroatoms. The number of esters is 1. The lowest BCUT2D eigenvalue weighted by Crippen LogP contribution is -2.22. The Morgan fingerprint density at radius 1 is 1.27 bits per heavy atom. The Hall–Kier alpha value is -2.06. The summed E-state index contributed by atoms with van der Waals surface area (Å²) in [5.41, 5.74) is 3.21. The van der Waals surface area contributed by atoms with Gasteiger partial charge in [0.25, 0.3) is 0 Å². The van der Waals surface area contributed by atoms with Crippen molar-refractivity contribution in [3.8, 4) is 16.9 Å². The number of likely N-dealkylation sites (N-methyl/N-ethyl adjacent to an activating group) is 1. The molecule has 0 bridgehead atoms. The number of benzene rings is 2. The summed E-state index contributed by atoms with van der Waals surface area (Å²) in [6.07, 6.45) is -0.489. The number of aromatic hydroxyl groups is 1. The Labute approximate surface area is 164 Å². The molecule has 26 heavy (non-hydrogen) atoms. The Balaban J connectivity index is 1.77. The summed E-state index contributed by atoms with van der Waals surface area (Å²) in [4.78, 5) is 12.5. The monoisotopic (exact) mass is 403 g/mol. The summed E-state index contributed by atoms with van der Waals surface area (Å²) in [5.74, 6) is -0.271. The summed E-state index contributed by atoms with van der Waals surface area (Å²) >= 11 is 5.31. The standard InChI is InChI=1S/C19H17NO3S3/c1-20-10-17(14-3-2-4-15(21)9-14)23-18(22)13-7-5-12(6-8-13)16-11-25-26-19(16)24/h2-9,11,17,20-21H,10H2,1H3/t17-/m0/s1. The number of carbonyl (C=O) groups is 1. The van der Waals surface area contributed by atoms with E-state index in [0.717, 1.165) is 20.5 Å². The quantitative estimate of drug-likeness (QED) is 0.343. The molecule has 0 spiro atoms. The van der Waals surface area contributed by atoms with E-state index in [2.05, 4.69) is 5.32 Å². The van der Waals surface area contributed by atoms with Gasteiger partial charge in [-0.15, -0.1) is 0 Å². The third kappa shape index (κ3) is 4.37. The van der Waals surface area contributed by atoms with E-state index in [4.69, 9.17) is 17.0 Å². The second-order valence-electron chi connectivity index (χ2n) is 5.62. The number of carbonyl (C=O) groups excluding carboxylic acids is 1. The lowest BCUT2D eigenvalue weighted by atomic mass is 10.1. The molecule has 1 aromatic heterocycles. The second-order valence-corrected chi connectivity index (χ2v) is 8.37. The first-order valence-corrected chi connectivity index (χ1v) is 10.5. The summed E-state index contributed by atoms with van der Waals surface area (Å²) in [6, 6.07) is 14.0. The fourth-order valence-corrected chi connectivity index (χ4v) is 4.91. The van der Waals surface area contributed by atoms with Crippen LogP contribution in [0.3, 0.4) is 0 Å². The first-order valence-electron chi connectivity index (χ1n) is 7.91. The van der Waals surface area contributed by atoms with E-state index in [9.17, 15) is 9.90 Å². The van der Waals surface area contributed by atoms with Crippen molar-refractivity contribution >= 4 is 38.9 Å². The molecule has 0 unspecified atom stereocenters. The number of rotatable bonds is 6. The van der Waals surface area contributed by atoms with Crippen LogP contribution in [0.25, 0.3) is 11.1 Å².